The minimum absolute atomic E-state index is 0.0119. The number of rotatable bonds is 9. The largest absolute Gasteiger partial charge is 0.481 e. The lowest BCUT2D eigenvalue weighted by Crippen LogP contribution is -2.29. The second kappa shape index (κ2) is 8.72. The number of carbonyl (C=O) groups excluding carboxylic acids is 1. The van der Waals surface area contributed by atoms with Gasteiger partial charge < -0.3 is 10.4 Å². The van der Waals surface area contributed by atoms with Gasteiger partial charge in [-0.25, -0.2) is 0 Å². The van der Waals surface area contributed by atoms with Crippen LogP contribution in [0, 0.1) is 5.41 Å². The second-order valence-electron chi connectivity index (χ2n) is 5.76. The molecule has 0 saturated heterocycles. The minimum Gasteiger partial charge on any atom is -0.481 e. The molecule has 0 fully saturated rings. The summed E-state index contributed by atoms with van der Waals surface area (Å²) in [5.41, 5.74) is -0.0712. The summed E-state index contributed by atoms with van der Waals surface area (Å²) >= 11 is 1.51. The van der Waals surface area contributed by atoms with E-state index in [0.717, 1.165) is 11.3 Å². The zero-order valence-corrected chi connectivity index (χ0v) is 13.4. The lowest BCUT2D eigenvalue weighted by molar-refractivity contribution is -0.137. The van der Waals surface area contributed by atoms with E-state index in [9.17, 15) is 9.59 Å². The molecular formula is C16H23NO3S. The average Bonchev–Trinajstić information content (AvgIpc) is 2.44. The number of carbonyl (C=O) groups is 2. The van der Waals surface area contributed by atoms with E-state index in [2.05, 4.69) is 5.32 Å². The van der Waals surface area contributed by atoms with Gasteiger partial charge in [0.15, 0.2) is 0 Å². The van der Waals surface area contributed by atoms with Gasteiger partial charge in [-0.05, 0) is 30.4 Å². The Hall–Kier alpha value is -1.49. The summed E-state index contributed by atoms with van der Waals surface area (Å²) in [5.74, 6) is -0.358. The number of carboxylic acids is 1. The number of amides is 1. The lowest BCUT2D eigenvalue weighted by Gasteiger charge is -2.23. The molecule has 1 aromatic carbocycles. The molecule has 4 nitrogen and oxygen atoms in total. The monoisotopic (exact) mass is 309 g/mol. The van der Waals surface area contributed by atoms with Crippen LogP contribution in [0.2, 0.25) is 0 Å². The van der Waals surface area contributed by atoms with E-state index >= 15 is 0 Å². The summed E-state index contributed by atoms with van der Waals surface area (Å²) in [6.45, 7) is 4.64. The molecule has 0 bridgehead atoms. The van der Waals surface area contributed by atoms with E-state index in [0.29, 0.717) is 18.7 Å². The number of thioether (sulfide) groups is 1. The Morgan fingerprint density at radius 3 is 2.48 bits per heavy atom. The zero-order chi connectivity index (χ0) is 15.7. The Balaban J connectivity index is 2.19. The number of aliphatic carboxylic acids is 1. The third kappa shape index (κ3) is 8.40. The fraction of sp³-hybridized carbons (Fsp3) is 0.500. The van der Waals surface area contributed by atoms with Crippen molar-refractivity contribution in [2.45, 2.75) is 38.0 Å². The molecular weight excluding hydrogens is 286 g/mol. The van der Waals surface area contributed by atoms with Crippen molar-refractivity contribution in [1.82, 2.24) is 5.32 Å². The van der Waals surface area contributed by atoms with Gasteiger partial charge in [-0.15, -0.1) is 11.8 Å². The van der Waals surface area contributed by atoms with Gasteiger partial charge in [-0.2, -0.15) is 0 Å². The summed E-state index contributed by atoms with van der Waals surface area (Å²) < 4.78 is 0. The molecule has 0 spiro atoms. The van der Waals surface area contributed by atoms with Crippen LogP contribution in [0.4, 0.5) is 0 Å². The minimum atomic E-state index is -0.772. The molecule has 116 valence electrons. The van der Waals surface area contributed by atoms with Crippen LogP contribution in [0.1, 0.15) is 33.1 Å². The summed E-state index contributed by atoms with van der Waals surface area (Å²) in [6, 6.07) is 9.81. The first-order valence-electron chi connectivity index (χ1n) is 7.05. The van der Waals surface area contributed by atoms with E-state index in [1.54, 1.807) is 0 Å². The molecule has 2 N–H and O–H groups in total. The van der Waals surface area contributed by atoms with Gasteiger partial charge in [-0.1, -0.05) is 32.0 Å². The van der Waals surface area contributed by atoms with Crippen molar-refractivity contribution in [3.8, 4) is 0 Å². The second-order valence-corrected chi connectivity index (χ2v) is 6.81. The maximum atomic E-state index is 11.7. The Labute approximate surface area is 130 Å². The predicted octanol–water partition coefficient (Wildman–Crippen LogP) is 3.18. The van der Waals surface area contributed by atoms with Crippen LogP contribution < -0.4 is 5.32 Å². The van der Waals surface area contributed by atoms with Crippen LogP contribution in [0.25, 0.3) is 0 Å². The third-order valence-corrected chi connectivity index (χ3v) is 4.26. The number of hydrogen-bond acceptors (Lipinski definition) is 3. The number of carboxylic acid groups (broad SMARTS) is 1. The highest BCUT2D eigenvalue weighted by atomic mass is 32.2. The molecule has 0 heterocycles. The highest BCUT2D eigenvalue weighted by Gasteiger charge is 2.19. The normalized spacial score (nSPS) is 11.1. The molecule has 5 heteroatoms. The first-order chi connectivity index (χ1) is 9.89. The summed E-state index contributed by atoms with van der Waals surface area (Å²) in [7, 11) is 0. The maximum Gasteiger partial charge on any atom is 0.303 e. The first-order valence-corrected chi connectivity index (χ1v) is 8.04. The van der Waals surface area contributed by atoms with Crippen molar-refractivity contribution in [1.29, 1.82) is 0 Å². The van der Waals surface area contributed by atoms with Crippen molar-refractivity contribution in [2.75, 3.05) is 12.3 Å². The van der Waals surface area contributed by atoms with Crippen LogP contribution in [0.3, 0.4) is 0 Å². The van der Waals surface area contributed by atoms with Crippen molar-refractivity contribution < 1.29 is 14.7 Å². The quantitative estimate of drug-likeness (QED) is 0.688. The molecule has 0 aliphatic rings. The molecule has 0 aliphatic carbocycles. The Bertz CT molecular complexity index is 460. The topological polar surface area (TPSA) is 66.4 Å². The van der Waals surface area contributed by atoms with Gasteiger partial charge in [0.1, 0.15) is 0 Å². The van der Waals surface area contributed by atoms with Crippen LogP contribution in [0.15, 0.2) is 35.2 Å². The van der Waals surface area contributed by atoms with Crippen molar-refractivity contribution in [3.63, 3.8) is 0 Å². The smallest absolute Gasteiger partial charge is 0.303 e. The van der Waals surface area contributed by atoms with Gasteiger partial charge in [0, 0.05) is 17.9 Å². The fourth-order valence-electron chi connectivity index (χ4n) is 1.83. The summed E-state index contributed by atoms with van der Waals surface area (Å²) in [4.78, 5) is 23.4. The molecule has 0 aromatic heterocycles. The van der Waals surface area contributed by atoms with Crippen LogP contribution in [-0.4, -0.2) is 29.3 Å². The zero-order valence-electron chi connectivity index (χ0n) is 12.6. The van der Waals surface area contributed by atoms with E-state index in [4.69, 9.17) is 5.11 Å². The van der Waals surface area contributed by atoms with Gasteiger partial charge in [0.25, 0.3) is 0 Å². The van der Waals surface area contributed by atoms with Crippen LogP contribution >= 0.6 is 11.8 Å². The predicted molar refractivity (Wildman–Crippen MR) is 85.4 cm³/mol. The highest BCUT2D eigenvalue weighted by molar-refractivity contribution is 8.00. The Morgan fingerprint density at radius 1 is 1.19 bits per heavy atom. The fourth-order valence-corrected chi connectivity index (χ4v) is 2.58. The van der Waals surface area contributed by atoms with Gasteiger partial charge in [-0.3, -0.25) is 9.59 Å². The van der Waals surface area contributed by atoms with Crippen molar-refractivity contribution in [2.24, 2.45) is 5.41 Å². The molecule has 1 aromatic rings. The van der Waals surface area contributed by atoms with Crippen molar-refractivity contribution >= 4 is 23.6 Å². The Morgan fingerprint density at radius 2 is 1.86 bits per heavy atom. The van der Waals surface area contributed by atoms with E-state index in [1.807, 2.05) is 44.2 Å². The van der Waals surface area contributed by atoms with Gasteiger partial charge in [0.2, 0.25) is 5.91 Å². The molecule has 1 amide bonds. The number of benzene rings is 1. The van der Waals surface area contributed by atoms with Crippen molar-refractivity contribution in [3.05, 3.63) is 30.3 Å². The average molecular weight is 309 g/mol. The molecule has 21 heavy (non-hydrogen) atoms. The first kappa shape index (κ1) is 17.6. The van der Waals surface area contributed by atoms with Gasteiger partial charge in [0.05, 0.1) is 5.75 Å². The van der Waals surface area contributed by atoms with Gasteiger partial charge >= 0.3 is 5.97 Å². The van der Waals surface area contributed by atoms with Crippen LogP contribution in [-0.2, 0) is 9.59 Å². The summed E-state index contributed by atoms with van der Waals surface area (Å²) in [6.07, 6.45) is 1.57. The molecule has 0 radical (unpaired) electrons. The Kier molecular flexibility index (Phi) is 7.29. The molecule has 0 aliphatic heterocycles. The lowest BCUT2D eigenvalue weighted by atomic mass is 9.84. The van der Waals surface area contributed by atoms with E-state index in [-0.39, 0.29) is 17.7 Å². The molecule has 0 unspecified atom stereocenters. The maximum absolute atomic E-state index is 11.7. The molecule has 0 atom stereocenters. The number of nitrogens with one attached hydrogen (secondary N) is 1. The van der Waals surface area contributed by atoms with Crippen LogP contribution in [0.5, 0.6) is 0 Å². The highest BCUT2D eigenvalue weighted by Crippen LogP contribution is 2.26. The SMILES string of the molecule is CC(C)(CCNC(=O)CSc1ccccc1)CCC(=O)O. The van der Waals surface area contributed by atoms with E-state index in [1.165, 1.54) is 11.8 Å². The third-order valence-electron chi connectivity index (χ3n) is 3.25. The standard InChI is InChI=1S/C16H23NO3S/c1-16(2,9-8-15(19)20)10-11-17-14(18)12-21-13-6-4-3-5-7-13/h3-7H,8-12H2,1-2H3,(H,17,18)(H,19,20). The summed E-state index contributed by atoms with van der Waals surface area (Å²) in [5, 5.41) is 11.6. The molecule has 0 saturated carbocycles. The molecule has 1 rings (SSSR count). The number of hydrogen-bond donors (Lipinski definition) is 2. The van der Waals surface area contributed by atoms with E-state index < -0.39 is 5.97 Å².